The molecule has 2 rings (SSSR count). The van der Waals surface area contributed by atoms with E-state index in [1.165, 1.54) is 15.9 Å². The molecule has 2 aromatic heterocycles. The van der Waals surface area contributed by atoms with Gasteiger partial charge in [-0.1, -0.05) is 25.2 Å². The number of hydrogen-bond donors (Lipinski definition) is 0. The lowest BCUT2D eigenvalue weighted by molar-refractivity contribution is 0.0519. The fourth-order valence-electron chi connectivity index (χ4n) is 1.37. The van der Waals surface area contributed by atoms with Crippen molar-refractivity contribution >= 4 is 22.3 Å². The van der Waals surface area contributed by atoms with Crippen LogP contribution in [0.1, 0.15) is 42.2 Å². The molecule has 7 heteroatoms. The van der Waals surface area contributed by atoms with Crippen LogP contribution in [0.2, 0.25) is 0 Å². The van der Waals surface area contributed by atoms with Gasteiger partial charge in [0.25, 0.3) is 5.56 Å². The number of hydrogen-bond acceptors (Lipinski definition) is 6. The highest BCUT2D eigenvalue weighted by Gasteiger charge is 2.15. The van der Waals surface area contributed by atoms with Crippen LogP contribution in [0, 0.1) is 0 Å². The largest absolute Gasteiger partial charge is 0.461 e. The summed E-state index contributed by atoms with van der Waals surface area (Å²) in [6, 6.07) is 1.15. The lowest BCUT2D eigenvalue weighted by Gasteiger charge is -1.99. The van der Waals surface area contributed by atoms with Crippen LogP contribution in [0.4, 0.5) is 0 Å². The Hall–Kier alpha value is -1.76. The minimum Gasteiger partial charge on any atom is -0.461 e. The minimum absolute atomic E-state index is 0.0285. The highest BCUT2D eigenvalue weighted by molar-refractivity contribution is 7.16. The standard InChI is InChI=1S/C11H13N3O3S/c1-4-17-10(16)7-5-8(15)14-11(12-7)18-9(13-14)6(2)3/h5-6H,4H2,1-3H3. The van der Waals surface area contributed by atoms with E-state index in [9.17, 15) is 9.59 Å². The molecule has 18 heavy (non-hydrogen) atoms. The van der Waals surface area contributed by atoms with E-state index in [0.717, 1.165) is 11.1 Å². The summed E-state index contributed by atoms with van der Waals surface area (Å²) >= 11 is 1.30. The van der Waals surface area contributed by atoms with Crippen LogP contribution in [0.5, 0.6) is 0 Å². The molecule has 0 aromatic carbocycles. The molecule has 0 fully saturated rings. The van der Waals surface area contributed by atoms with Crippen molar-refractivity contribution in [1.29, 1.82) is 0 Å². The van der Waals surface area contributed by atoms with Crippen molar-refractivity contribution < 1.29 is 9.53 Å². The second-order valence-electron chi connectivity index (χ2n) is 3.99. The van der Waals surface area contributed by atoms with Crippen molar-refractivity contribution in [2.45, 2.75) is 26.7 Å². The number of nitrogens with zero attached hydrogens (tertiary/aromatic N) is 3. The number of rotatable bonds is 3. The van der Waals surface area contributed by atoms with Gasteiger partial charge in [-0.05, 0) is 6.92 Å². The first-order chi connectivity index (χ1) is 8.52. The Balaban J connectivity index is 2.55. The van der Waals surface area contributed by atoms with Crippen LogP contribution in [-0.4, -0.2) is 27.2 Å². The maximum Gasteiger partial charge on any atom is 0.357 e. The monoisotopic (exact) mass is 267 g/mol. The van der Waals surface area contributed by atoms with Gasteiger partial charge in [0.15, 0.2) is 5.69 Å². The third kappa shape index (κ3) is 2.26. The molecule has 0 bridgehead atoms. The van der Waals surface area contributed by atoms with Gasteiger partial charge in [0, 0.05) is 12.0 Å². The summed E-state index contributed by atoms with van der Waals surface area (Å²) in [6.07, 6.45) is 0. The van der Waals surface area contributed by atoms with Gasteiger partial charge in [0.05, 0.1) is 6.61 Å². The molecule has 0 spiro atoms. The summed E-state index contributed by atoms with van der Waals surface area (Å²) in [7, 11) is 0. The van der Waals surface area contributed by atoms with Crippen LogP contribution in [0.15, 0.2) is 10.9 Å². The smallest absolute Gasteiger partial charge is 0.357 e. The Morgan fingerprint density at radius 1 is 1.56 bits per heavy atom. The molecule has 0 saturated carbocycles. The van der Waals surface area contributed by atoms with Crippen LogP contribution in [0.3, 0.4) is 0 Å². The Morgan fingerprint density at radius 3 is 2.89 bits per heavy atom. The summed E-state index contributed by atoms with van der Waals surface area (Å²) in [5.41, 5.74) is -0.341. The Labute approximate surface area is 107 Å². The normalized spacial score (nSPS) is 11.1. The summed E-state index contributed by atoms with van der Waals surface area (Å²) < 4.78 is 6.03. The number of carbonyl (C=O) groups excluding carboxylic acids is 1. The van der Waals surface area contributed by atoms with Gasteiger partial charge in [-0.2, -0.15) is 9.61 Å². The second kappa shape index (κ2) is 4.85. The first kappa shape index (κ1) is 12.7. The Kier molecular flexibility index (Phi) is 3.42. The quantitative estimate of drug-likeness (QED) is 0.787. The molecule has 96 valence electrons. The fraction of sp³-hybridized carbons (Fsp3) is 0.455. The van der Waals surface area contributed by atoms with Crippen molar-refractivity contribution in [2.75, 3.05) is 6.61 Å². The fourth-order valence-corrected chi connectivity index (χ4v) is 2.28. The van der Waals surface area contributed by atoms with E-state index in [-0.39, 0.29) is 23.8 Å². The maximum atomic E-state index is 11.8. The molecule has 0 unspecified atom stereocenters. The SMILES string of the molecule is CCOC(=O)c1cc(=O)n2nc(C(C)C)sc2n1. The third-order valence-corrected chi connectivity index (χ3v) is 3.45. The molecule has 2 aromatic rings. The van der Waals surface area contributed by atoms with Crippen molar-refractivity contribution in [3.63, 3.8) is 0 Å². The van der Waals surface area contributed by atoms with E-state index < -0.39 is 5.97 Å². The number of esters is 1. The lowest BCUT2D eigenvalue weighted by Crippen LogP contribution is -2.18. The predicted molar refractivity (Wildman–Crippen MR) is 67.2 cm³/mol. The number of ether oxygens (including phenoxy) is 1. The van der Waals surface area contributed by atoms with Gasteiger partial charge < -0.3 is 4.74 Å². The summed E-state index contributed by atoms with van der Waals surface area (Å²) in [6.45, 7) is 5.91. The van der Waals surface area contributed by atoms with Crippen molar-refractivity contribution in [2.24, 2.45) is 0 Å². The average Bonchev–Trinajstić information content (AvgIpc) is 2.73. The first-order valence-electron chi connectivity index (χ1n) is 5.61. The van der Waals surface area contributed by atoms with Gasteiger partial charge >= 0.3 is 5.97 Å². The maximum absolute atomic E-state index is 11.8. The van der Waals surface area contributed by atoms with Crippen molar-refractivity contribution in [3.05, 3.63) is 27.1 Å². The molecule has 0 saturated heterocycles. The topological polar surface area (TPSA) is 73.6 Å². The molecule has 0 atom stereocenters. The highest BCUT2D eigenvalue weighted by atomic mass is 32.1. The van der Waals surface area contributed by atoms with Crippen molar-refractivity contribution in [3.8, 4) is 0 Å². The molecule has 0 radical (unpaired) electrons. The molecule has 0 aliphatic rings. The summed E-state index contributed by atoms with van der Waals surface area (Å²) in [5.74, 6) is -0.376. The molecule has 0 amide bonds. The predicted octanol–water partition coefficient (Wildman–Crippen LogP) is 1.45. The first-order valence-corrected chi connectivity index (χ1v) is 6.42. The van der Waals surface area contributed by atoms with E-state index in [1.54, 1.807) is 6.92 Å². The molecule has 0 aliphatic heterocycles. The molecule has 6 nitrogen and oxygen atoms in total. The van der Waals surface area contributed by atoms with Crippen LogP contribution in [0.25, 0.3) is 4.96 Å². The zero-order valence-corrected chi connectivity index (χ0v) is 11.2. The van der Waals surface area contributed by atoms with Gasteiger partial charge in [-0.25, -0.2) is 9.78 Å². The van der Waals surface area contributed by atoms with Gasteiger partial charge in [-0.3, -0.25) is 4.79 Å². The summed E-state index contributed by atoms with van der Waals surface area (Å²) in [4.78, 5) is 27.8. The van der Waals surface area contributed by atoms with Crippen molar-refractivity contribution in [1.82, 2.24) is 14.6 Å². The lowest BCUT2D eigenvalue weighted by atomic mass is 10.2. The minimum atomic E-state index is -0.586. The zero-order valence-electron chi connectivity index (χ0n) is 10.3. The molecule has 0 N–H and O–H groups in total. The number of fused-ring (bicyclic) bond motifs is 1. The van der Waals surface area contributed by atoms with E-state index in [2.05, 4.69) is 10.1 Å². The summed E-state index contributed by atoms with van der Waals surface area (Å²) in [5, 5.41) is 4.97. The Bertz CT molecular complexity index is 645. The van der Waals surface area contributed by atoms with Crippen LogP contribution in [-0.2, 0) is 4.74 Å². The highest BCUT2D eigenvalue weighted by Crippen LogP contribution is 2.19. The van der Waals surface area contributed by atoms with E-state index in [1.807, 2.05) is 13.8 Å². The molecular weight excluding hydrogens is 254 g/mol. The average molecular weight is 267 g/mol. The van der Waals surface area contributed by atoms with Crippen LogP contribution < -0.4 is 5.56 Å². The third-order valence-electron chi connectivity index (χ3n) is 2.24. The second-order valence-corrected chi connectivity index (χ2v) is 4.98. The van der Waals surface area contributed by atoms with E-state index in [0.29, 0.717) is 4.96 Å². The van der Waals surface area contributed by atoms with E-state index >= 15 is 0 Å². The molecule has 0 aliphatic carbocycles. The van der Waals surface area contributed by atoms with E-state index in [4.69, 9.17) is 4.74 Å². The van der Waals surface area contributed by atoms with Gasteiger partial charge in [0.1, 0.15) is 5.01 Å². The zero-order chi connectivity index (χ0) is 13.3. The Morgan fingerprint density at radius 2 is 2.28 bits per heavy atom. The van der Waals surface area contributed by atoms with Crippen LogP contribution >= 0.6 is 11.3 Å². The molecule has 2 heterocycles. The number of aromatic nitrogens is 3. The molecular formula is C11H13N3O3S. The van der Waals surface area contributed by atoms with Gasteiger partial charge in [-0.15, -0.1) is 0 Å². The van der Waals surface area contributed by atoms with Gasteiger partial charge in [0.2, 0.25) is 4.96 Å². The number of carbonyl (C=O) groups is 1.